The number of hydrogen-bond acceptors (Lipinski definition) is 5. The minimum atomic E-state index is -0.829. The summed E-state index contributed by atoms with van der Waals surface area (Å²) < 4.78 is 11.0. The molecule has 1 aromatic carbocycles. The average Bonchev–Trinajstić information content (AvgIpc) is 3.17. The molecule has 1 unspecified atom stereocenters. The Hall–Kier alpha value is -3.49. The molecule has 9 heteroatoms. The van der Waals surface area contributed by atoms with Crippen LogP contribution in [0.2, 0.25) is 0 Å². The molecule has 0 saturated carbocycles. The van der Waals surface area contributed by atoms with Gasteiger partial charge in [-0.05, 0) is 30.7 Å². The smallest absolute Gasteiger partial charge is 0.312 e. The second kappa shape index (κ2) is 10.6. The highest BCUT2D eigenvalue weighted by Crippen LogP contribution is 2.13. The first-order valence-electron chi connectivity index (χ1n) is 8.92. The predicted molar refractivity (Wildman–Crippen MR) is 101 cm³/mol. The molecule has 150 valence electrons. The molecular weight excluding hydrogens is 364 g/mol. The van der Waals surface area contributed by atoms with Crippen molar-refractivity contribution in [2.45, 2.75) is 38.8 Å². The second-order valence-electron chi connectivity index (χ2n) is 6.01. The van der Waals surface area contributed by atoms with Crippen molar-refractivity contribution in [3.8, 4) is 5.75 Å². The van der Waals surface area contributed by atoms with Gasteiger partial charge in [0.2, 0.25) is 0 Å². The van der Waals surface area contributed by atoms with Crippen LogP contribution >= 0.6 is 0 Å². The number of rotatable bonds is 9. The minimum absolute atomic E-state index is 0.0138. The number of benzene rings is 1. The third-order valence-electron chi connectivity index (χ3n) is 3.79. The summed E-state index contributed by atoms with van der Waals surface area (Å²) in [6.45, 7) is 2.11. The fourth-order valence-corrected chi connectivity index (χ4v) is 2.36. The molecule has 0 saturated heterocycles. The van der Waals surface area contributed by atoms with E-state index in [1.807, 2.05) is 25.1 Å². The zero-order chi connectivity index (χ0) is 20.4. The highest BCUT2D eigenvalue weighted by Gasteiger charge is 2.20. The number of hydrazine groups is 1. The average molecular weight is 388 g/mol. The number of ether oxygens (including phenoxy) is 1. The molecule has 0 aliphatic carbocycles. The molecule has 1 heterocycles. The van der Waals surface area contributed by atoms with E-state index in [1.165, 1.54) is 6.07 Å². The molecule has 1 aromatic heterocycles. The molecule has 0 spiro atoms. The lowest BCUT2D eigenvalue weighted by molar-refractivity contribution is -0.123. The van der Waals surface area contributed by atoms with E-state index in [2.05, 4.69) is 16.2 Å². The Morgan fingerprint density at radius 3 is 2.54 bits per heavy atom. The van der Waals surface area contributed by atoms with E-state index in [9.17, 15) is 14.4 Å². The van der Waals surface area contributed by atoms with Crippen LogP contribution in [0, 0.1) is 0 Å². The van der Waals surface area contributed by atoms with E-state index in [4.69, 9.17) is 14.9 Å². The number of urea groups is 1. The second-order valence-corrected chi connectivity index (χ2v) is 6.01. The van der Waals surface area contributed by atoms with Gasteiger partial charge in [0.05, 0.1) is 0 Å². The number of hydrogen-bond donors (Lipinski definition) is 4. The lowest BCUT2D eigenvalue weighted by Gasteiger charge is -2.16. The normalized spacial score (nSPS) is 11.3. The van der Waals surface area contributed by atoms with Gasteiger partial charge in [-0.2, -0.15) is 0 Å². The zero-order valence-electron chi connectivity index (χ0n) is 15.6. The molecule has 5 N–H and O–H groups in total. The van der Waals surface area contributed by atoms with E-state index in [1.54, 1.807) is 18.2 Å². The Morgan fingerprint density at radius 2 is 1.86 bits per heavy atom. The summed E-state index contributed by atoms with van der Waals surface area (Å²) in [4.78, 5) is 35.3. The van der Waals surface area contributed by atoms with Crippen LogP contribution in [-0.4, -0.2) is 23.9 Å². The standard InChI is InChI=1S/C19H24N4O5/c1-2-3-9-15(21-19(20)26)17(24)22-23-18(25)16-11-10-14(28-16)12-27-13-7-5-4-6-8-13/h4-8,10-11,15H,2-3,9,12H2,1H3,(H,22,24)(H,23,25)(H3,20,21,26). The molecule has 0 fully saturated rings. The van der Waals surface area contributed by atoms with Gasteiger partial charge in [-0.25, -0.2) is 4.79 Å². The summed E-state index contributed by atoms with van der Waals surface area (Å²) in [6, 6.07) is 10.6. The topological polar surface area (TPSA) is 136 Å². The van der Waals surface area contributed by atoms with Crippen LogP contribution in [0.5, 0.6) is 5.75 Å². The Kier molecular flexibility index (Phi) is 7.89. The van der Waals surface area contributed by atoms with Crippen molar-refractivity contribution >= 4 is 17.8 Å². The van der Waals surface area contributed by atoms with Gasteiger partial charge in [-0.3, -0.25) is 20.4 Å². The summed E-state index contributed by atoms with van der Waals surface area (Å²) in [5.41, 5.74) is 9.59. The van der Waals surface area contributed by atoms with E-state index < -0.39 is 23.9 Å². The van der Waals surface area contributed by atoms with Crippen LogP contribution in [0.15, 0.2) is 46.9 Å². The summed E-state index contributed by atoms with van der Waals surface area (Å²) in [5.74, 6) is -0.0545. The molecule has 1 atom stereocenters. The first-order chi connectivity index (χ1) is 13.5. The van der Waals surface area contributed by atoms with Crippen LogP contribution in [-0.2, 0) is 11.4 Å². The molecular formula is C19H24N4O5. The molecule has 0 aliphatic heterocycles. The van der Waals surface area contributed by atoms with Crippen molar-refractivity contribution in [3.05, 3.63) is 54.0 Å². The molecule has 0 radical (unpaired) electrons. The fraction of sp³-hybridized carbons (Fsp3) is 0.316. The summed E-state index contributed by atoms with van der Waals surface area (Å²) >= 11 is 0. The maximum absolute atomic E-state index is 12.1. The number of furan rings is 1. The molecule has 2 aromatic rings. The Labute approximate surface area is 162 Å². The molecule has 0 bridgehead atoms. The number of amides is 4. The maximum Gasteiger partial charge on any atom is 0.312 e. The van der Waals surface area contributed by atoms with Gasteiger partial charge in [0, 0.05) is 0 Å². The van der Waals surface area contributed by atoms with Gasteiger partial charge in [-0.1, -0.05) is 38.0 Å². The van der Waals surface area contributed by atoms with E-state index in [-0.39, 0.29) is 12.4 Å². The van der Waals surface area contributed by atoms with E-state index in [0.717, 1.165) is 12.8 Å². The molecule has 0 aliphatic rings. The lowest BCUT2D eigenvalue weighted by Crippen LogP contribution is -2.53. The SMILES string of the molecule is CCCCC(NC(N)=O)C(=O)NNC(=O)c1ccc(COc2ccccc2)o1. The van der Waals surface area contributed by atoms with Crippen LogP contribution in [0.3, 0.4) is 0 Å². The number of para-hydroxylation sites is 1. The monoisotopic (exact) mass is 388 g/mol. The Morgan fingerprint density at radius 1 is 1.11 bits per heavy atom. The van der Waals surface area contributed by atoms with E-state index >= 15 is 0 Å². The number of carbonyl (C=O) groups is 3. The Bertz CT molecular complexity index is 791. The van der Waals surface area contributed by atoms with Crippen molar-refractivity contribution in [1.82, 2.24) is 16.2 Å². The third-order valence-corrected chi connectivity index (χ3v) is 3.79. The van der Waals surface area contributed by atoms with Crippen molar-refractivity contribution in [3.63, 3.8) is 0 Å². The molecule has 2 rings (SSSR count). The van der Waals surface area contributed by atoms with Gasteiger partial charge in [0.1, 0.15) is 24.2 Å². The predicted octanol–water partition coefficient (Wildman–Crippen LogP) is 1.85. The van der Waals surface area contributed by atoms with Crippen molar-refractivity contribution in [1.29, 1.82) is 0 Å². The number of primary amides is 1. The summed E-state index contributed by atoms with van der Waals surface area (Å²) in [6.07, 6.45) is 1.97. The summed E-state index contributed by atoms with van der Waals surface area (Å²) in [7, 11) is 0. The highest BCUT2D eigenvalue weighted by atomic mass is 16.5. The lowest BCUT2D eigenvalue weighted by atomic mass is 10.1. The number of nitrogens with two attached hydrogens (primary N) is 1. The van der Waals surface area contributed by atoms with Crippen LogP contribution in [0.25, 0.3) is 0 Å². The first kappa shape index (κ1) is 20.8. The number of carbonyl (C=O) groups excluding carboxylic acids is 3. The van der Waals surface area contributed by atoms with Gasteiger partial charge < -0.3 is 20.2 Å². The van der Waals surface area contributed by atoms with Crippen molar-refractivity contribution < 1.29 is 23.5 Å². The molecule has 4 amide bonds. The minimum Gasteiger partial charge on any atom is -0.486 e. The van der Waals surface area contributed by atoms with Gasteiger partial charge in [0.25, 0.3) is 5.91 Å². The quantitative estimate of drug-likeness (QED) is 0.486. The fourth-order valence-electron chi connectivity index (χ4n) is 2.36. The van der Waals surface area contributed by atoms with E-state index in [0.29, 0.717) is 17.9 Å². The molecule has 9 nitrogen and oxygen atoms in total. The molecule has 28 heavy (non-hydrogen) atoms. The van der Waals surface area contributed by atoms with Crippen LogP contribution in [0.1, 0.15) is 42.5 Å². The number of unbranched alkanes of at least 4 members (excludes halogenated alkanes) is 1. The van der Waals surface area contributed by atoms with Crippen LogP contribution in [0.4, 0.5) is 4.79 Å². The third kappa shape index (κ3) is 6.67. The van der Waals surface area contributed by atoms with Crippen molar-refractivity contribution in [2.75, 3.05) is 0 Å². The maximum atomic E-state index is 12.1. The van der Waals surface area contributed by atoms with Gasteiger partial charge in [0.15, 0.2) is 5.76 Å². The summed E-state index contributed by atoms with van der Waals surface area (Å²) in [5, 5.41) is 2.35. The largest absolute Gasteiger partial charge is 0.486 e. The van der Waals surface area contributed by atoms with Gasteiger partial charge in [-0.15, -0.1) is 0 Å². The number of nitrogens with one attached hydrogen (secondary N) is 3. The first-order valence-corrected chi connectivity index (χ1v) is 8.92. The zero-order valence-corrected chi connectivity index (χ0v) is 15.6. The Balaban J connectivity index is 1.84. The highest BCUT2D eigenvalue weighted by molar-refractivity contribution is 5.94. The van der Waals surface area contributed by atoms with Crippen LogP contribution < -0.4 is 26.6 Å². The van der Waals surface area contributed by atoms with Gasteiger partial charge >= 0.3 is 11.9 Å². The van der Waals surface area contributed by atoms with Crippen molar-refractivity contribution in [2.24, 2.45) is 5.73 Å².